The summed E-state index contributed by atoms with van der Waals surface area (Å²) in [6.07, 6.45) is 0. The molecule has 0 fully saturated rings. The Morgan fingerprint density at radius 3 is 2.29 bits per heavy atom. The highest BCUT2D eigenvalue weighted by Gasteiger charge is 2.22. The lowest BCUT2D eigenvalue weighted by Gasteiger charge is -2.19. The third-order valence-electron chi connectivity index (χ3n) is 2.75. The number of carboxylic acids is 1. The van der Waals surface area contributed by atoms with Crippen molar-refractivity contribution in [1.82, 2.24) is 5.32 Å². The predicted octanol–water partition coefficient (Wildman–Crippen LogP) is 0.722. The standard InChI is InChI=1S/C13H17N3O5/c1-6(2)10(11(14)18)16-13(21)15-8-4-3-7(12(19)20)5-9(8)17/h3-6,10,17H,1-2H3,(H2,14,18)(H,19,20)(H2,15,16,21). The van der Waals surface area contributed by atoms with Gasteiger partial charge in [-0.3, -0.25) is 4.79 Å². The van der Waals surface area contributed by atoms with E-state index in [0.717, 1.165) is 6.07 Å². The molecule has 1 rings (SSSR count). The number of aromatic hydroxyl groups is 1. The van der Waals surface area contributed by atoms with E-state index >= 15 is 0 Å². The second-order valence-electron chi connectivity index (χ2n) is 4.76. The summed E-state index contributed by atoms with van der Waals surface area (Å²) in [5.41, 5.74) is 5.07. The fraction of sp³-hybridized carbons (Fsp3) is 0.308. The van der Waals surface area contributed by atoms with Gasteiger partial charge in [-0.25, -0.2) is 9.59 Å². The quantitative estimate of drug-likeness (QED) is 0.509. The zero-order valence-electron chi connectivity index (χ0n) is 11.6. The molecule has 114 valence electrons. The Hall–Kier alpha value is -2.77. The van der Waals surface area contributed by atoms with Gasteiger partial charge in [-0.05, 0) is 24.1 Å². The number of anilines is 1. The van der Waals surface area contributed by atoms with Crippen molar-refractivity contribution in [1.29, 1.82) is 0 Å². The van der Waals surface area contributed by atoms with Gasteiger partial charge in [0.1, 0.15) is 11.8 Å². The van der Waals surface area contributed by atoms with Crippen LogP contribution in [-0.4, -0.2) is 34.2 Å². The Kier molecular flexibility index (Phi) is 5.12. The number of aromatic carboxylic acids is 1. The molecule has 1 atom stereocenters. The molecule has 0 aliphatic carbocycles. The number of nitrogens with one attached hydrogen (secondary N) is 2. The number of phenols is 1. The number of carbonyl (C=O) groups excluding carboxylic acids is 2. The van der Waals surface area contributed by atoms with E-state index in [1.807, 2.05) is 0 Å². The van der Waals surface area contributed by atoms with Crippen LogP contribution in [0.5, 0.6) is 5.75 Å². The van der Waals surface area contributed by atoms with E-state index in [4.69, 9.17) is 10.8 Å². The molecule has 8 heteroatoms. The van der Waals surface area contributed by atoms with Gasteiger partial charge in [0.2, 0.25) is 5.91 Å². The van der Waals surface area contributed by atoms with Crippen LogP contribution in [-0.2, 0) is 4.79 Å². The first-order valence-corrected chi connectivity index (χ1v) is 6.15. The van der Waals surface area contributed by atoms with E-state index in [2.05, 4.69) is 10.6 Å². The molecule has 3 amide bonds. The Morgan fingerprint density at radius 2 is 1.86 bits per heavy atom. The van der Waals surface area contributed by atoms with Crippen LogP contribution in [0.1, 0.15) is 24.2 Å². The predicted molar refractivity (Wildman–Crippen MR) is 75.0 cm³/mol. The minimum Gasteiger partial charge on any atom is -0.506 e. The van der Waals surface area contributed by atoms with Crippen LogP contribution < -0.4 is 16.4 Å². The van der Waals surface area contributed by atoms with Crippen molar-refractivity contribution in [3.8, 4) is 5.75 Å². The molecule has 1 aromatic rings. The number of phenolic OH excluding ortho intramolecular Hbond substituents is 1. The van der Waals surface area contributed by atoms with Gasteiger partial charge in [0.05, 0.1) is 11.3 Å². The number of primary amides is 1. The molecule has 0 saturated carbocycles. The van der Waals surface area contributed by atoms with Crippen molar-refractivity contribution in [3.63, 3.8) is 0 Å². The van der Waals surface area contributed by atoms with Crippen LogP contribution >= 0.6 is 0 Å². The van der Waals surface area contributed by atoms with Gasteiger partial charge in [0.25, 0.3) is 0 Å². The van der Waals surface area contributed by atoms with Crippen molar-refractivity contribution in [2.75, 3.05) is 5.32 Å². The van der Waals surface area contributed by atoms with Crippen LogP contribution in [0.15, 0.2) is 18.2 Å². The molecule has 1 aromatic carbocycles. The number of carboxylic acid groups (broad SMARTS) is 1. The smallest absolute Gasteiger partial charge is 0.335 e. The molecule has 0 spiro atoms. The molecular formula is C13H17N3O5. The summed E-state index contributed by atoms with van der Waals surface area (Å²) in [7, 11) is 0. The first-order valence-electron chi connectivity index (χ1n) is 6.15. The molecule has 0 radical (unpaired) electrons. The number of hydrogen-bond acceptors (Lipinski definition) is 4. The molecule has 1 unspecified atom stereocenters. The van der Waals surface area contributed by atoms with E-state index in [1.165, 1.54) is 12.1 Å². The van der Waals surface area contributed by atoms with Crippen molar-refractivity contribution >= 4 is 23.6 Å². The van der Waals surface area contributed by atoms with E-state index in [9.17, 15) is 19.5 Å². The van der Waals surface area contributed by atoms with Crippen molar-refractivity contribution in [3.05, 3.63) is 23.8 Å². The highest BCUT2D eigenvalue weighted by Crippen LogP contribution is 2.24. The summed E-state index contributed by atoms with van der Waals surface area (Å²) in [5, 5.41) is 23.1. The van der Waals surface area contributed by atoms with Crippen LogP contribution in [0.3, 0.4) is 0 Å². The molecule has 0 aliphatic heterocycles. The Balaban J connectivity index is 2.79. The Morgan fingerprint density at radius 1 is 1.24 bits per heavy atom. The Labute approximate surface area is 120 Å². The summed E-state index contributed by atoms with van der Waals surface area (Å²) in [5.74, 6) is -2.47. The van der Waals surface area contributed by atoms with Gasteiger partial charge in [0, 0.05) is 0 Å². The number of benzene rings is 1. The first-order chi connectivity index (χ1) is 9.72. The molecule has 8 nitrogen and oxygen atoms in total. The van der Waals surface area contributed by atoms with E-state index in [0.29, 0.717) is 0 Å². The van der Waals surface area contributed by atoms with Gasteiger partial charge in [-0.1, -0.05) is 13.8 Å². The largest absolute Gasteiger partial charge is 0.506 e. The molecule has 21 heavy (non-hydrogen) atoms. The second-order valence-corrected chi connectivity index (χ2v) is 4.76. The molecule has 0 aliphatic rings. The van der Waals surface area contributed by atoms with Gasteiger partial charge in [0.15, 0.2) is 0 Å². The first kappa shape index (κ1) is 16.3. The van der Waals surface area contributed by atoms with Crippen molar-refractivity contribution in [2.24, 2.45) is 11.7 Å². The minimum absolute atomic E-state index is 0.0180. The molecule has 0 heterocycles. The monoisotopic (exact) mass is 295 g/mol. The van der Waals surface area contributed by atoms with Crippen molar-refractivity contribution < 1.29 is 24.6 Å². The van der Waals surface area contributed by atoms with Gasteiger partial charge in [-0.2, -0.15) is 0 Å². The maximum Gasteiger partial charge on any atom is 0.335 e. The zero-order valence-corrected chi connectivity index (χ0v) is 11.6. The number of carbonyl (C=O) groups is 3. The van der Waals surface area contributed by atoms with Crippen LogP contribution in [0.4, 0.5) is 10.5 Å². The number of nitrogens with two attached hydrogens (primary N) is 1. The average Bonchev–Trinajstić information content (AvgIpc) is 2.37. The molecule has 6 N–H and O–H groups in total. The van der Waals surface area contributed by atoms with Crippen molar-refractivity contribution in [2.45, 2.75) is 19.9 Å². The lowest BCUT2D eigenvalue weighted by atomic mass is 10.0. The SMILES string of the molecule is CC(C)C(NC(=O)Nc1ccc(C(=O)O)cc1O)C(N)=O. The maximum absolute atomic E-state index is 11.7. The summed E-state index contributed by atoms with van der Waals surface area (Å²) < 4.78 is 0. The van der Waals surface area contributed by atoms with E-state index < -0.39 is 29.7 Å². The Bertz CT molecular complexity index is 571. The zero-order chi connectivity index (χ0) is 16.2. The number of hydrogen-bond donors (Lipinski definition) is 5. The molecule has 0 bridgehead atoms. The lowest BCUT2D eigenvalue weighted by molar-refractivity contribution is -0.120. The second kappa shape index (κ2) is 6.60. The molecule has 0 saturated heterocycles. The van der Waals surface area contributed by atoms with E-state index in [1.54, 1.807) is 13.8 Å². The summed E-state index contributed by atoms with van der Waals surface area (Å²) in [6, 6.07) is 1.89. The minimum atomic E-state index is -1.20. The number of amides is 3. The van der Waals surface area contributed by atoms with Gasteiger partial charge in [-0.15, -0.1) is 0 Å². The summed E-state index contributed by atoms with van der Waals surface area (Å²) >= 11 is 0. The summed E-state index contributed by atoms with van der Waals surface area (Å²) in [4.78, 5) is 33.6. The lowest BCUT2D eigenvalue weighted by Crippen LogP contribution is -2.49. The van der Waals surface area contributed by atoms with E-state index in [-0.39, 0.29) is 17.2 Å². The highest BCUT2D eigenvalue weighted by molar-refractivity contribution is 5.95. The highest BCUT2D eigenvalue weighted by atomic mass is 16.4. The molecular weight excluding hydrogens is 278 g/mol. The maximum atomic E-state index is 11.7. The van der Waals surface area contributed by atoms with Gasteiger partial charge >= 0.3 is 12.0 Å². The third kappa shape index (κ3) is 4.37. The number of urea groups is 1. The fourth-order valence-electron chi connectivity index (χ4n) is 1.64. The fourth-order valence-corrected chi connectivity index (χ4v) is 1.64. The van der Waals surface area contributed by atoms with Crippen LogP contribution in [0.25, 0.3) is 0 Å². The van der Waals surface area contributed by atoms with Crippen LogP contribution in [0, 0.1) is 5.92 Å². The third-order valence-corrected chi connectivity index (χ3v) is 2.75. The van der Waals surface area contributed by atoms with Crippen LogP contribution in [0.2, 0.25) is 0 Å². The number of rotatable bonds is 5. The summed E-state index contributed by atoms with van der Waals surface area (Å²) in [6.45, 7) is 3.43. The molecule has 0 aromatic heterocycles. The normalized spacial score (nSPS) is 11.8. The van der Waals surface area contributed by atoms with Gasteiger partial charge < -0.3 is 26.6 Å². The topological polar surface area (TPSA) is 142 Å². The average molecular weight is 295 g/mol.